The molecule has 0 radical (unpaired) electrons. The second-order valence-corrected chi connectivity index (χ2v) is 6.76. The van der Waals surface area contributed by atoms with E-state index < -0.39 is 11.9 Å². The lowest BCUT2D eigenvalue weighted by Gasteiger charge is -2.13. The molecular weight excluding hydrogens is 348 g/mol. The Morgan fingerprint density at radius 3 is 1.93 bits per heavy atom. The molecule has 2 N–H and O–H groups in total. The highest BCUT2D eigenvalue weighted by Gasteiger charge is 2.06. The van der Waals surface area contributed by atoms with Gasteiger partial charge in [-0.2, -0.15) is 0 Å². The summed E-state index contributed by atoms with van der Waals surface area (Å²) in [6.07, 6.45) is 7.96. The zero-order valence-corrected chi connectivity index (χ0v) is 16.2. The van der Waals surface area contributed by atoms with Gasteiger partial charge < -0.3 is 19.7 Å². The van der Waals surface area contributed by atoms with Crippen LogP contribution >= 0.6 is 0 Å². The minimum absolute atomic E-state index is 0.0955. The van der Waals surface area contributed by atoms with E-state index in [2.05, 4.69) is 0 Å². The molecule has 0 saturated carbocycles. The third-order valence-corrected chi connectivity index (χ3v) is 4.18. The molecule has 0 heterocycles. The Morgan fingerprint density at radius 2 is 1.26 bits per heavy atom. The number of benzene rings is 1. The number of rotatable bonds is 16. The molecule has 0 atom stereocenters. The fourth-order valence-electron chi connectivity index (χ4n) is 2.70. The minimum Gasteiger partial charge on any atom is -0.490 e. The average Bonchev–Trinajstić information content (AvgIpc) is 2.61. The first-order chi connectivity index (χ1) is 13.0. The monoisotopic (exact) mass is 380 g/mol. The third kappa shape index (κ3) is 11.9. The molecule has 1 aromatic rings. The van der Waals surface area contributed by atoms with Gasteiger partial charge in [0.05, 0.1) is 13.2 Å². The Hall–Kier alpha value is -2.24. The maximum Gasteiger partial charge on any atom is 0.303 e. The first-order valence-corrected chi connectivity index (χ1v) is 9.79. The van der Waals surface area contributed by atoms with Crippen LogP contribution in [0.5, 0.6) is 11.5 Å². The standard InChI is InChI=1S/C21H32O6/c1-17-12-13-18(19(16-17)27-15-9-11-21(24)25)26-14-8-6-4-2-3-5-7-10-20(22)23/h12-13,16H,2-11,14-15H2,1H3,(H,22,23)(H,24,25). The van der Waals surface area contributed by atoms with Crippen LogP contribution in [0.25, 0.3) is 0 Å². The van der Waals surface area contributed by atoms with Crippen LogP contribution in [-0.2, 0) is 9.59 Å². The maximum absolute atomic E-state index is 10.6. The van der Waals surface area contributed by atoms with Crippen molar-refractivity contribution in [1.82, 2.24) is 0 Å². The fourth-order valence-corrected chi connectivity index (χ4v) is 2.70. The van der Waals surface area contributed by atoms with Gasteiger partial charge >= 0.3 is 11.9 Å². The normalized spacial score (nSPS) is 10.6. The quantitative estimate of drug-likeness (QED) is 0.399. The summed E-state index contributed by atoms with van der Waals surface area (Å²) in [6.45, 7) is 2.95. The van der Waals surface area contributed by atoms with E-state index in [0.717, 1.165) is 50.5 Å². The molecule has 0 saturated heterocycles. The molecule has 1 aromatic carbocycles. The molecular formula is C21H32O6. The Bertz CT molecular complexity index is 570. The molecule has 0 aliphatic heterocycles. The highest BCUT2D eigenvalue weighted by Crippen LogP contribution is 2.28. The van der Waals surface area contributed by atoms with Crippen LogP contribution in [0.4, 0.5) is 0 Å². The van der Waals surface area contributed by atoms with Crippen molar-refractivity contribution in [2.45, 2.75) is 71.1 Å². The smallest absolute Gasteiger partial charge is 0.303 e. The molecule has 6 heteroatoms. The summed E-state index contributed by atoms with van der Waals surface area (Å²) >= 11 is 0. The van der Waals surface area contributed by atoms with E-state index >= 15 is 0 Å². The van der Waals surface area contributed by atoms with Crippen LogP contribution < -0.4 is 9.47 Å². The van der Waals surface area contributed by atoms with Crippen LogP contribution in [0.2, 0.25) is 0 Å². The SMILES string of the molecule is Cc1ccc(OCCCCCCCCCC(=O)O)c(OCCCC(=O)O)c1. The lowest BCUT2D eigenvalue weighted by Crippen LogP contribution is -2.05. The van der Waals surface area contributed by atoms with Crippen LogP contribution in [0.1, 0.15) is 69.8 Å². The van der Waals surface area contributed by atoms with Crippen molar-refractivity contribution in [3.8, 4) is 11.5 Å². The predicted molar refractivity (Wildman–Crippen MR) is 104 cm³/mol. The van der Waals surface area contributed by atoms with Gasteiger partial charge in [0.1, 0.15) is 0 Å². The van der Waals surface area contributed by atoms with Crippen molar-refractivity contribution in [1.29, 1.82) is 0 Å². The maximum atomic E-state index is 10.6. The molecule has 27 heavy (non-hydrogen) atoms. The molecule has 0 unspecified atom stereocenters. The van der Waals surface area contributed by atoms with E-state index in [1.165, 1.54) is 0 Å². The number of carbonyl (C=O) groups is 2. The minimum atomic E-state index is -0.818. The summed E-state index contributed by atoms with van der Waals surface area (Å²) in [5.41, 5.74) is 1.07. The van der Waals surface area contributed by atoms with Crippen LogP contribution in [0.15, 0.2) is 18.2 Å². The highest BCUT2D eigenvalue weighted by molar-refractivity contribution is 5.66. The van der Waals surface area contributed by atoms with Crippen molar-refractivity contribution in [3.63, 3.8) is 0 Å². The molecule has 0 spiro atoms. The topological polar surface area (TPSA) is 93.1 Å². The Kier molecular flexibility index (Phi) is 11.7. The van der Waals surface area contributed by atoms with Crippen molar-refractivity contribution in [2.24, 2.45) is 0 Å². The summed E-state index contributed by atoms with van der Waals surface area (Å²) in [4.78, 5) is 21.0. The Labute approximate surface area is 161 Å². The van der Waals surface area contributed by atoms with Crippen molar-refractivity contribution in [2.75, 3.05) is 13.2 Å². The van der Waals surface area contributed by atoms with Crippen molar-refractivity contribution in [3.05, 3.63) is 23.8 Å². The summed E-state index contributed by atoms with van der Waals surface area (Å²) in [5, 5.41) is 17.3. The number of hydrogen-bond acceptors (Lipinski definition) is 4. The molecule has 0 aliphatic rings. The van der Waals surface area contributed by atoms with E-state index in [1.54, 1.807) is 0 Å². The lowest BCUT2D eigenvalue weighted by atomic mass is 10.1. The zero-order valence-electron chi connectivity index (χ0n) is 16.2. The van der Waals surface area contributed by atoms with Gasteiger partial charge in [-0.1, -0.05) is 38.2 Å². The first-order valence-electron chi connectivity index (χ1n) is 9.79. The van der Waals surface area contributed by atoms with Gasteiger partial charge in [-0.05, 0) is 43.9 Å². The molecule has 6 nitrogen and oxygen atoms in total. The molecule has 0 fully saturated rings. The van der Waals surface area contributed by atoms with Gasteiger partial charge in [0.25, 0.3) is 0 Å². The van der Waals surface area contributed by atoms with E-state index in [4.69, 9.17) is 19.7 Å². The summed E-state index contributed by atoms with van der Waals surface area (Å²) in [6, 6.07) is 5.77. The summed E-state index contributed by atoms with van der Waals surface area (Å²) in [5.74, 6) is -0.168. The van der Waals surface area contributed by atoms with Gasteiger partial charge in [-0.3, -0.25) is 9.59 Å². The first kappa shape index (κ1) is 22.8. The number of hydrogen-bond donors (Lipinski definition) is 2. The van der Waals surface area contributed by atoms with E-state index in [0.29, 0.717) is 31.1 Å². The predicted octanol–water partition coefficient (Wildman–Crippen LogP) is 4.82. The molecule has 152 valence electrons. The second kappa shape index (κ2) is 13.9. The molecule has 1 rings (SSSR count). The van der Waals surface area contributed by atoms with Gasteiger partial charge in [0, 0.05) is 12.8 Å². The van der Waals surface area contributed by atoms with Gasteiger partial charge in [-0.25, -0.2) is 0 Å². The number of carboxylic acid groups (broad SMARTS) is 2. The summed E-state index contributed by atoms with van der Waals surface area (Å²) in [7, 11) is 0. The average molecular weight is 380 g/mol. The summed E-state index contributed by atoms with van der Waals surface area (Å²) < 4.78 is 11.5. The van der Waals surface area contributed by atoms with E-state index in [-0.39, 0.29) is 12.8 Å². The van der Waals surface area contributed by atoms with Gasteiger partial charge in [0.2, 0.25) is 0 Å². The number of unbranched alkanes of at least 4 members (excludes halogenated alkanes) is 6. The number of ether oxygens (including phenoxy) is 2. The van der Waals surface area contributed by atoms with E-state index in [9.17, 15) is 9.59 Å². The van der Waals surface area contributed by atoms with Gasteiger partial charge in [-0.15, -0.1) is 0 Å². The van der Waals surface area contributed by atoms with Crippen LogP contribution in [0, 0.1) is 6.92 Å². The van der Waals surface area contributed by atoms with Gasteiger partial charge in [0.15, 0.2) is 11.5 Å². The third-order valence-electron chi connectivity index (χ3n) is 4.18. The molecule has 0 bridgehead atoms. The zero-order chi connectivity index (χ0) is 19.9. The highest BCUT2D eigenvalue weighted by atomic mass is 16.5. The number of aryl methyl sites for hydroxylation is 1. The fraction of sp³-hybridized carbons (Fsp3) is 0.619. The molecule has 0 aromatic heterocycles. The van der Waals surface area contributed by atoms with Crippen LogP contribution in [0.3, 0.4) is 0 Å². The number of carboxylic acids is 2. The molecule has 0 amide bonds. The largest absolute Gasteiger partial charge is 0.490 e. The lowest BCUT2D eigenvalue weighted by molar-refractivity contribution is -0.138. The van der Waals surface area contributed by atoms with Crippen LogP contribution in [-0.4, -0.2) is 35.4 Å². The van der Waals surface area contributed by atoms with Crippen molar-refractivity contribution < 1.29 is 29.3 Å². The number of aliphatic carboxylic acids is 2. The van der Waals surface area contributed by atoms with Crippen molar-refractivity contribution >= 4 is 11.9 Å². The Balaban J connectivity index is 2.18. The Morgan fingerprint density at radius 1 is 0.741 bits per heavy atom. The second-order valence-electron chi connectivity index (χ2n) is 6.76. The van der Waals surface area contributed by atoms with E-state index in [1.807, 2.05) is 25.1 Å². The molecule has 0 aliphatic carbocycles.